The molecule has 0 aromatic heterocycles. The van der Waals surface area contributed by atoms with Crippen molar-refractivity contribution in [2.75, 3.05) is 20.8 Å². The molecule has 0 spiro atoms. The van der Waals surface area contributed by atoms with E-state index in [-0.39, 0.29) is 17.8 Å². The second-order valence-corrected chi connectivity index (χ2v) is 3.41. The molecule has 0 unspecified atom stereocenters. The number of allylic oxidation sites excluding steroid dienone is 1. The Hall–Kier alpha value is -1.88. The Bertz CT molecular complexity index is 415. The molecule has 5 nitrogen and oxygen atoms in total. The van der Waals surface area contributed by atoms with Crippen molar-refractivity contribution in [3.63, 3.8) is 0 Å². The number of aliphatic hydroxyl groups excluding tert-OH is 1. The summed E-state index contributed by atoms with van der Waals surface area (Å²) in [4.78, 5) is 22.8. The summed E-state index contributed by atoms with van der Waals surface area (Å²) in [5.41, 5.74) is 1.11. The first kappa shape index (κ1) is 13.2. The maximum absolute atomic E-state index is 11.4. The normalized spacial score (nSPS) is 15.1. The molecule has 0 aromatic rings. The third-order valence-corrected chi connectivity index (χ3v) is 2.30. The predicted octanol–water partition coefficient (Wildman–Crippen LogP) is 0.508. The van der Waals surface area contributed by atoms with Gasteiger partial charge in [-0.3, -0.25) is 0 Å². The molecule has 1 aliphatic carbocycles. The highest BCUT2D eigenvalue weighted by Crippen LogP contribution is 2.18. The quantitative estimate of drug-likeness (QED) is 0.725. The Labute approximate surface area is 99.0 Å². The number of carbonyl (C=O) groups excluding carboxylic acids is 2. The smallest absolute Gasteiger partial charge is 0.337 e. The molecule has 1 rings (SSSR count). The second kappa shape index (κ2) is 6.00. The van der Waals surface area contributed by atoms with Gasteiger partial charge >= 0.3 is 11.9 Å². The maximum atomic E-state index is 11.4. The van der Waals surface area contributed by atoms with E-state index in [9.17, 15) is 9.59 Å². The monoisotopic (exact) mass is 238 g/mol. The SMILES string of the molecule is COC(=O)C1=CCC(CO)=CC(C(=O)OC)=C1. The van der Waals surface area contributed by atoms with Crippen LogP contribution in [-0.4, -0.2) is 37.9 Å². The Morgan fingerprint density at radius 2 is 1.76 bits per heavy atom. The van der Waals surface area contributed by atoms with Gasteiger partial charge in [0.05, 0.1) is 32.0 Å². The molecule has 0 radical (unpaired) electrons. The summed E-state index contributed by atoms with van der Waals surface area (Å²) in [6.07, 6.45) is 4.89. The Morgan fingerprint density at radius 1 is 1.18 bits per heavy atom. The molecule has 0 fully saturated rings. The van der Waals surface area contributed by atoms with E-state index in [0.717, 1.165) is 0 Å². The van der Waals surface area contributed by atoms with Gasteiger partial charge in [-0.2, -0.15) is 0 Å². The lowest BCUT2D eigenvalue weighted by atomic mass is 10.1. The first-order valence-electron chi connectivity index (χ1n) is 5.01. The highest BCUT2D eigenvalue weighted by Gasteiger charge is 2.16. The number of hydrogen-bond donors (Lipinski definition) is 1. The van der Waals surface area contributed by atoms with Gasteiger partial charge in [-0.05, 0) is 24.1 Å². The summed E-state index contributed by atoms with van der Waals surface area (Å²) in [6.45, 7) is -0.181. The van der Waals surface area contributed by atoms with E-state index in [1.807, 2.05) is 0 Å². The topological polar surface area (TPSA) is 72.8 Å². The van der Waals surface area contributed by atoms with Crippen LogP contribution in [0.4, 0.5) is 0 Å². The van der Waals surface area contributed by atoms with Crippen LogP contribution < -0.4 is 0 Å². The van der Waals surface area contributed by atoms with Gasteiger partial charge in [-0.15, -0.1) is 0 Å². The number of ether oxygens (including phenoxy) is 2. The number of aliphatic hydroxyl groups is 1. The lowest BCUT2D eigenvalue weighted by molar-refractivity contribution is -0.136. The van der Waals surface area contributed by atoms with E-state index in [2.05, 4.69) is 9.47 Å². The molecule has 0 amide bonds. The van der Waals surface area contributed by atoms with Crippen molar-refractivity contribution in [3.05, 3.63) is 34.9 Å². The average Bonchev–Trinajstić information content (AvgIpc) is 2.59. The first-order valence-corrected chi connectivity index (χ1v) is 5.01. The number of carbonyl (C=O) groups is 2. The summed E-state index contributed by atoms with van der Waals surface area (Å²) >= 11 is 0. The molecule has 0 aromatic carbocycles. The van der Waals surface area contributed by atoms with Gasteiger partial charge < -0.3 is 14.6 Å². The summed E-state index contributed by atoms with van der Waals surface area (Å²) < 4.78 is 9.17. The van der Waals surface area contributed by atoms with Crippen LogP contribution in [0.15, 0.2) is 34.9 Å². The lowest BCUT2D eigenvalue weighted by Gasteiger charge is -2.01. The Morgan fingerprint density at radius 3 is 2.29 bits per heavy atom. The predicted molar refractivity (Wildman–Crippen MR) is 60.0 cm³/mol. The van der Waals surface area contributed by atoms with E-state index in [1.165, 1.54) is 26.4 Å². The molecule has 0 bridgehead atoms. The van der Waals surface area contributed by atoms with Crippen LogP contribution in [0, 0.1) is 0 Å². The van der Waals surface area contributed by atoms with Crippen molar-refractivity contribution in [2.24, 2.45) is 0 Å². The fraction of sp³-hybridized carbons (Fsp3) is 0.333. The van der Waals surface area contributed by atoms with E-state index in [0.29, 0.717) is 12.0 Å². The van der Waals surface area contributed by atoms with Crippen LogP contribution in [0.25, 0.3) is 0 Å². The minimum absolute atomic E-state index is 0.181. The summed E-state index contributed by atoms with van der Waals surface area (Å²) in [6, 6.07) is 0. The van der Waals surface area contributed by atoms with E-state index in [1.54, 1.807) is 6.08 Å². The molecule has 92 valence electrons. The van der Waals surface area contributed by atoms with Crippen molar-refractivity contribution >= 4 is 11.9 Å². The van der Waals surface area contributed by atoms with Crippen molar-refractivity contribution in [3.8, 4) is 0 Å². The highest BCUT2D eigenvalue weighted by atomic mass is 16.5. The van der Waals surface area contributed by atoms with Crippen LogP contribution in [0.3, 0.4) is 0 Å². The highest BCUT2D eigenvalue weighted by molar-refractivity contribution is 5.98. The molecular formula is C12H14O5. The van der Waals surface area contributed by atoms with E-state index in [4.69, 9.17) is 5.11 Å². The zero-order valence-corrected chi connectivity index (χ0v) is 9.73. The largest absolute Gasteiger partial charge is 0.465 e. The minimum atomic E-state index is -0.562. The fourth-order valence-corrected chi connectivity index (χ4v) is 1.39. The molecule has 5 heteroatoms. The zero-order chi connectivity index (χ0) is 12.8. The standard InChI is InChI=1S/C12H14O5/c1-16-11(14)9-4-3-8(7-13)5-10(6-9)12(15)17-2/h4-6,13H,3,7H2,1-2H3. The summed E-state index contributed by atoms with van der Waals surface area (Å²) in [7, 11) is 2.52. The molecule has 0 saturated carbocycles. The average molecular weight is 238 g/mol. The van der Waals surface area contributed by atoms with E-state index >= 15 is 0 Å². The fourth-order valence-electron chi connectivity index (χ4n) is 1.39. The number of methoxy groups -OCH3 is 2. The lowest BCUT2D eigenvalue weighted by Crippen LogP contribution is -2.07. The molecule has 1 N–H and O–H groups in total. The zero-order valence-electron chi connectivity index (χ0n) is 9.73. The number of hydrogen-bond acceptors (Lipinski definition) is 5. The second-order valence-electron chi connectivity index (χ2n) is 3.41. The van der Waals surface area contributed by atoms with Crippen molar-refractivity contribution in [1.29, 1.82) is 0 Å². The minimum Gasteiger partial charge on any atom is -0.465 e. The number of esters is 2. The molecule has 0 atom stereocenters. The van der Waals surface area contributed by atoms with Crippen LogP contribution >= 0.6 is 0 Å². The third kappa shape index (κ3) is 3.29. The molecule has 1 aliphatic rings. The molecule has 0 aliphatic heterocycles. The van der Waals surface area contributed by atoms with Crippen LogP contribution in [0.5, 0.6) is 0 Å². The van der Waals surface area contributed by atoms with Gasteiger partial charge in [0.15, 0.2) is 0 Å². The van der Waals surface area contributed by atoms with Crippen LogP contribution in [-0.2, 0) is 19.1 Å². The van der Waals surface area contributed by atoms with Crippen molar-refractivity contribution < 1.29 is 24.2 Å². The summed E-state index contributed by atoms with van der Waals surface area (Å²) in [5.74, 6) is -1.09. The third-order valence-electron chi connectivity index (χ3n) is 2.30. The molecule has 0 heterocycles. The van der Waals surface area contributed by atoms with Gasteiger partial charge in [-0.25, -0.2) is 9.59 Å². The van der Waals surface area contributed by atoms with Gasteiger partial charge in [-0.1, -0.05) is 6.08 Å². The van der Waals surface area contributed by atoms with Gasteiger partial charge in [0.1, 0.15) is 0 Å². The van der Waals surface area contributed by atoms with Crippen molar-refractivity contribution in [2.45, 2.75) is 6.42 Å². The van der Waals surface area contributed by atoms with Gasteiger partial charge in [0, 0.05) is 0 Å². The Kier molecular flexibility index (Phi) is 4.66. The maximum Gasteiger partial charge on any atom is 0.337 e. The number of rotatable bonds is 3. The first-order chi connectivity index (χ1) is 8.12. The van der Waals surface area contributed by atoms with Crippen LogP contribution in [0.2, 0.25) is 0 Å². The van der Waals surface area contributed by atoms with Crippen LogP contribution in [0.1, 0.15) is 6.42 Å². The van der Waals surface area contributed by atoms with Gasteiger partial charge in [0.2, 0.25) is 0 Å². The van der Waals surface area contributed by atoms with E-state index < -0.39 is 11.9 Å². The van der Waals surface area contributed by atoms with Gasteiger partial charge in [0.25, 0.3) is 0 Å². The Balaban J connectivity index is 3.11. The molecule has 17 heavy (non-hydrogen) atoms. The molecular weight excluding hydrogens is 224 g/mol. The summed E-state index contributed by atoms with van der Waals surface area (Å²) in [5, 5.41) is 9.08. The van der Waals surface area contributed by atoms with Crippen molar-refractivity contribution in [1.82, 2.24) is 0 Å². The molecule has 0 saturated heterocycles.